The van der Waals surface area contributed by atoms with E-state index in [1.165, 1.54) is 0 Å². The molecule has 14 heavy (non-hydrogen) atoms. The predicted octanol–water partition coefficient (Wildman–Crippen LogP) is 2.28. The molecule has 1 aromatic carbocycles. The van der Waals surface area contributed by atoms with E-state index in [4.69, 9.17) is 4.79 Å². The van der Waals surface area contributed by atoms with Crippen molar-refractivity contribution >= 4 is 18.6 Å². The van der Waals surface area contributed by atoms with Crippen LogP contribution in [0, 0.1) is 0 Å². The molecule has 0 unspecified atom stereocenters. The zero-order valence-electron chi connectivity index (χ0n) is 8.45. The Morgan fingerprint density at radius 1 is 1.43 bits per heavy atom. The van der Waals surface area contributed by atoms with Gasteiger partial charge in [-0.1, -0.05) is 24.3 Å². The number of anilines is 1. The minimum atomic E-state index is 0.285. The topological polar surface area (TPSA) is 49.3 Å². The molecule has 1 rings (SSSR count). The summed E-state index contributed by atoms with van der Waals surface area (Å²) in [5.41, 5.74) is 1.77. The molecule has 1 aromatic rings. The van der Waals surface area contributed by atoms with Crippen LogP contribution in [-0.4, -0.2) is 18.9 Å². The number of phenols is 1. The Bertz CT molecular complexity index is 308. The van der Waals surface area contributed by atoms with Crippen LogP contribution in [0.4, 0.5) is 5.69 Å². The number of para-hydroxylation sites is 1. The zero-order valence-corrected chi connectivity index (χ0v) is 8.45. The predicted molar refractivity (Wildman–Crippen MR) is 59.5 cm³/mol. The lowest BCUT2D eigenvalue weighted by Crippen LogP contribution is -1.91. The van der Waals surface area contributed by atoms with Gasteiger partial charge in [0.05, 0.1) is 5.69 Å². The minimum Gasteiger partial charge on any atom is -0.506 e. The molecule has 3 nitrogen and oxygen atoms in total. The summed E-state index contributed by atoms with van der Waals surface area (Å²) in [5.74, 6) is 0.285. The van der Waals surface area contributed by atoms with Gasteiger partial charge < -0.3 is 15.2 Å². The summed E-state index contributed by atoms with van der Waals surface area (Å²) in [6.07, 6.45) is 3.89. The maximum Gasteiger partial charge on any atom is 0.139 e. The number of nitrogens with one attached hydrogen (secondary N) is 1. The van der Waals surface area contributed by atoms with Gasteiger partial charge in [-0.25, -0.2) is 0 Å². The molecule has 76 valence electrons. The van der Waals surface area contributed by atoms with E-state index >= 15 is 0 Å². The highest BCUT2D eigenvalue weighted by Gasteiger charge is 2.01. The summed E-state index contributed by atoms with van der Waals surface area (Å²) in [6, 6.07) is 5.44. The van der Waals surface area contributed by atoms with Crippen LogP contribution in [0.3, 0.4) is 0 Å². The van der Waals surface area contributed by atoms with E-state index in [0.29, 0.717) is 0 Å². The molecular formula is C11H15NO2. The van der Waals surface area contributed by atoms with Crippen molar-refractivity contribution in [1.82, 2.24) is 0 Å². The Morgan fingerprint density at radius 3 is 2.57 bits per heavy atom. The first kappa shape index (κ1) is 12.2. The summed E-state index contributed by atoms with van der Waals surface area (Å²) in [4.78, 5) is 8.00. The molecule has 2 N–H and O–H groups in total. The lowest BCUT2D eigenvalue weighted by molar-refractivity contribution is -0.0979. The van der Waals surface area contributed by atoms with Crippen molar-refractivity contribution in [3.8, 4) is 5.75 Å². The van der Waals surface area contributed by atoms with E-state index in [1.807, 2.05) is 38.0 Å². The van der Waals surface area contributed by atoms with Crippen molar-refractivity contribution in [3.05, 3.63) is 29.8 Å². The van der Waals surface area contributed by atoms with Gasteiger partial charge >= 0.3 is 0 Å². The van der Waals surface area contributed by atoms with Crippen LogP contribution in [0.15, 0.2) is 24.3 Å². The third-order valence-corrected chi connectivity index (χ3v) is 1.67. The van der Waals surface area contributed by atoms with Gasteiger partial charge in [0, 0.05) is 12.6 Å². The lowest BCUT2D eigenvalue weighted by atomic mass is 10.1. The minimum absolute atomic E-state index is 0.285. The number of allylic oxidation sites excluding steroid dienone is 1. The van der Waals surface area contributed by atoms with Crippen molar-refractivity contribution in [2.24, 2.45) is 0 Å². The third kappa shape index (κ3) is 2.94. The normalized spacial score (nSPS) is 9.29. The SMILES string of the molecule is C/C=C\c1cccc(O)c1NC.C=O. The second-order valence-corrected chi connectivity index (χ2v) is 2.49. The van der Waals surface area contributed by atoms with Gasteiger partial charge in [0.1, 0.15) is 12.5 Å². The molecule has 0 aliphatic carbocycles. The average molecular weight is 193 g/mol. The first-order valence-electron chi connectivity index (χ1n) is 4.21. The molecule has 0 atom stereocenters. The number of hydrogen-bond acceptors (Lipinski definition) is 3. The highest BCUT2D eigenvalue weighted by molar-refractivity contribution is 5.71. The van der Waals surface area contributed by atoms with Gasteiger partial charge in [0.15, 0.2) is 0 Å². The Morgan fingerprint density at radius 2 is 2.07 bits per heavy atom. The molecule has 0 heterocycles. The standard InChI is InChI=1S/C10H13NO.CH2O/c1-3-5-8-6-4-7-9(12)10(8)11-2;1-2/h3-7,11-12H,1-2H3;1H2/b5-3-;. The second-order valence-electron chi connectivity index (χ2n) is 2.49. The molecule has 0 saturated carbocycles. The Balaban J connectivity index is 0.000000791. The molecule has 0 spiro atoms. The summed E-state index contributed by atoms with van der Waals surface area (Å²) in [6.45, 7) is 3.95. The number of rotatable bonds is 2. The van der Waals surface area contributed by atoms with E-state index in [1.54, 1.807) is 13.1 Å². The van der Waals surface area contributed by atoms with Crippen molar-refractivity contribution in [2.75, 3.05) is 12.4 Å². The molecule has 0 fully saturated rings. The van der Waals surface area contributed by atoms with Crippen LogP contribution in [-0.2, 0) is 4.79 Å². The van der Waals surface area contributed by atoms with Gasteiger partial charge in [0.25, 0.3) is 0 Å². The van der Waals surface area contributed by atoms with Gasteiger partial charge in [-0.3, -0.25) is 0 Å². The molecular weight excluding hydrogens is 178 g/mol. The fourth-order valence-electron chi connectivity index (χ4n) is 1.15. The number of carbonyl (C=O) groups is 1. The summed E-state index contributed by atoms with van der Waals surface area (Å²) >= 11 is 0. The smallest absolute Gasteiger partial charge is 0.139 e. The fraction of sp³-hybridized carbons (Fsp3) is 0.182. The van der Waals surface area contributed by atoms with Crippen LogP contribution in [0.1, 0.15) is 12.5 Å². The van der Waals surface area contributed by atoms with Crippen molar-refractivity contribution < 1.29 is 9.90 Å². The van der Waals surface area contributed by atoms with Gasteiger partial charge in [-0.2, -0.15) is 0 Å². The number of benzene rings is 1. The lowest BCUT2D eigenvalue weighted by Gasteiger charge is -2.06. The van der Waals surface area contributed by atoms with E-state index in [0.717, 1.165) is 11.3 Å². The molecule has 0 amide bonds. The monoisotopic (exact) mass is 193 g/mol. The highest BCUT2D eigenvalue weighted by Crippen LogP contribution is 2.27. The van der Waals surface area contributed by atoms with Crippen molar-refractivity contribution in [1.29, 1.82) is 0 Å². The molecule has 0 bridgehead atoms. The second kappa shape index (κ2) is 6.71. The van der Waals surface area contributed by atoms with E-state index in [9.17, 15) is 5.11 Å². The molecule has 3 heteroatoms. The maximum absolute atomic E-state index is 9.42. The number of aromatic hydroxyl groups is 1. The quantitative estimate of drug-likeness (QED) is 0.708. The Hall–Kier alpha value is -1.77. The van der Waals surface area contributed by atoms with Gasteiger partial charge in [0.2, 0.25) is 0 Å². The summed E-state index contributed by atoms with van der Waals surface area (Å²) in [7, 11) is 1.79. The van der Waals surface area contributed by atoms with Crippen LogP contribution < -0.4 is 5.32 Å². The third-order valence-electron chi connectivity index (χ3n) is 1.67. The zero-order chi connectivity index (χ0) is 11.0. The van der Waals surface area contributed by atoms with Crippen LogP contribution in [0.25, 0.3) is 6.08 Å². The average Bonchev–Trinajstić information content (AvgIpc) is 2.22. The van der Waals surface area contributed by atoms with E-state index in [2.05, 4.69) is 5.32 Å². The highest BCUT2D eigenvalue weighted by atomic mass is 16.3. The fourth-order valence-corrected chi connectivity index (χ4v) is 1.15. The molecule has 0 aliphatic heterocycles. The maximum atomic E-state index is 9.42. The first-order valence-corrected chi connectivity index (χ1v) is 4.21. The van der Waals surface area contributed by atoms with Gasteiger partial charge in [-0.05, 0) is 13.0 Å². The number of carbonyl (C=O) groups excluding carboxylic acids is 1. The largest absolute Gasteiger partial charge is 0.506 e. The van der Waals surface area contributed by atoms with Gasteiger partial charge in [-0.15, -0.1) is 0 Å². The molecule has 0 radical (unpaired) electrons. The summed E-state index contributed by atoms with van der Waals surface area (Å²) in [5, 5.41) is 12.4. The van der Waals surface area contributed by atoms with Crippen LogP contribution in [0.5, 0.6) is 5.75 Å². The van der Waals surface area contributed by atoms with Crippen molar-refractivity contribution in [2.45, 2.75) is 6.92 Å². The molecule has 0 saturated heterocycles. The Kier molecular flexibility index (Phi) is 5.87. The number of hydrogen-bond donors (Lipinski definition) is 2. The molecule has 0 aliphatic rings. The Labute approximate surface area is 84.1 Å². The number of phenolic OH excluding ortho intramolecular Hbond substituents is 1. The van der Waals surface area contributed by atoms with E-state index in [-0.39, 0.29) is 5.75 Å². The van der Waals surface area contributed by atoms with Crippen molar-refractivity contribution in [3.63, 3.8) is 0 Å². The first-order chi connectivity index (χ1) is 6.79. The molecule has 0 aromatic heterocycles. The summed E-state index contributed by atoms with van der Waals surface area (Å²) < 4.78 is 0. The van der Waals surface area contributed by atoms with E-state index < -0.39 is 0 Å². The van der Waals surface area contributed by atoms with Crippen LogP contribution in [0.2, 0.25) is 0 Å². The van der Waals surface area contributed by atoms with Crippen LogP contribution >= 0.6 is 0 Å².